The van der Waals surface area contributed by atoms with Crippen LogP contribution in [0.4, 0.5) is 0 Å². The molecule has 1 saturated carbocycles. The number of rotatable bonds is 4. The lowest BCUT2D eigenvalue weighted by molar-refractivity contribution is 0.629. The molecule has 18 heavy (non-hydrogen) atoms. The van der Waals surface area contributed by atoms with E-state index in [9.17, 15) is 0 Å². The van der Waals surface area contributed by atoms with Gasteiger partial charge in [0.25, 0.3) is 0 Å². The largest absolute Gasteiger partial charge is 0.370 e. The van der Waals surface area contributed by atoms with Gasteiger partial charge in [-0.25, -0.2) is 0 Å². The van der Waals surface area contributed by atoms with Crippen molar-refractivity contribution in [1.82, 2.24) is 10.6 Å². The molecule has 0 saturated heterocycles. The molecule has 0 spiro atoms. The second-order valence-corrected chi connectivity index (χ2v) is 5.36. The molecule has 1 aromatic carbocycles. The first-order valence-corrected chi connectivity index (χ1v) is 6.86. The van der Waals surface area contributed by atoms with Crippen LogP contribution < -0.4 is 10.6 Å². The monoisotopic (exact) mass is 243 g/mol. The summed E-state index contributed by atoms with van der Waals surface area (Å²) in [6.07, 6.45) is 2.60. The lowest BCUT2D eigenvalue weighted by Gasteiger charge is -2.22. The van der Waals surface area contributed by atoms with E-state index in [1.54, 1.807) is 0 Å². The second kappa shape index (κ2) is 4.73. The Kier molecular flexibility index (Phi) is 3.08. The number of nitrogens with one attached hydrogen (secondary N) is 2. The average Bonchev–Trinajstić information content (AvgIpc) is 3.02. The molecule has 2 aliphatic rings. The second-order valence-electron chi connectivity index (χ2n) is 5.36. The van der Waals surface area contributed by atoms with Gasteiger partial charge >= 0.3 is 0 Å². The van der Waals surface area contributed by atoms with Gasteiger partial charge in [0.05, 0.1) is 12.6 Å². The van der Waals surface area contributed by atoms with Gasteiger partial charge in [-0.05, 0) is 43.4 Å². The van der Waals surface area contributed by atoms with Gasteiger partial charge in [-0.15, -0.1) is 0 Å². The SMILES string of the molecule is Cc1cccc(C(NC2CC2)C2=NCCN2)c1C. The first-order chi connectivity index (χ1) is 8.75. The van der Waals surface area contributed by atoms with E-state index >= 15 is 0 Å². The lowest BCUT2D eigenvalue weighted by atomic mass is 9.96. The Labute approximate surface area is 109 Å². The van der Waals surface area contributed by atoms with E-state index in [2.05, 4.69) is 47.7 Å². The Balaban J connectivity index is 1.93. The van der Waals surface area contributed by atoms with Crippen molar-refractivity contribution in [2.75, 3.05) is 13.1 Å². The third-order valence-corrected chi connectivity index (χ3v) is 3.91. The molecule has 0 aromatic heterocycles. The summed E-state index contributed by atoms with van der Waals surface area (Å²) in [5.74, 6) is 1.12. The van der Waals surface area contributed by atoms with Crippen LogP contribution in [-0.2, 0) is 0 Å². The third kappa shape index (κ3) is 2.27. The van der Waals surface area contributed by atoms with Gasteiger partial charge in [0.15, 0.2) is 0 Å². The molecule has 1 aliphatic carbocycles. The van der Waals surface area contributed by atoms with Gasteiger partial charge in [-0.1, -0.05) is 18.2 Å². The summed E-state index contributed by atoms with van der Waals surface area (Å²) < 4.78 is 0. The summed E-state index contributed by atoms with van der Waals surface area (Å²) in [5, 5.41) is 7.15. The fourth-order valence-electron chi connectivity index (χ4n) is 2.50. The number of amidine groups is 1. The highest BCUT2D eigenvalue weighted by Crippen LogP contribution is 2.27. The summed E-state index contributed by atoms with van der Waals surface area (Å²) in [7, 11) is 0. The van der Waals surface area contributed by atoms with E-state index in [4.69, 9.17) is 0 Å². The molecule has 0 radical (unpaired) electrons. The van der Waals surface area contributed by atoms with Crippen LogP contribution in [0.3, 0.4) is 0 Å². The van der Waals surface area contributed by atoms with Crippen LogP contribution >= 0.6 is 0 Å². The molecular formula is C15H21N3. The van der Waals surface area contributed by atoms with Crippen LogP contribution in [0.2, 0.25) is 0 Å². The zero-order chi connectivity index (χ0) is 12.5. The predicted molar refractivity (Wildman–Crippen MR) is 75.1 cm³/mol. The maximum atomic E-state index is 4.61. The van der Waals surface area contributed by atoms with Crippen molar-refractivity contribution in [1.29, 1.82) is 0 Å². The molecule has 1 fully saturated rings. The van der Waals surface area contributed by atoms with Gasteiger partial charge in [-0.3, -0.25) is 4.99 Å². The molecule has 0 bridgehead atoms. The maximum Gasteiger partial charge on any atom is 0.118 e. The minimum Gasteiger partial charge on any atom is -0.370 e. The van der Waals surface area contributed by atoms with Gasteiger partial charge in [0, 0.05) is 12.6 Å². The number of hydrogen-bond donors (Lipinski definition) is 2. The Morgan fingerprint density at radius 2 is 2.17 bits per heavy atom. The first kappa shape index (κ1) is 11.7. The van der Waals surface area contributed by atoms with Crippen molar-refractivity contribution in [3.63, 3.8) is 0 Å². The predicted octanol–water partition coefficient (Wildman–Crippen LogP) is 2.10. The number of benzene rings is 1. The van der Waals surface area contributed by atoms with Crippen LogP contribution in [0.25, 0.3) is 0 Å². The van der Waals surface area contributed by atoms with E-state index in [0.717, 1.165) is 18.9 Å². The summed E-state index contributed by atoms with van der Waals surface area (Å²) in [6, 6.07) is 7.48. The smallest absolute Gasteiger partial charge is 0.118 e. The molecule has 3 heteroatoms. The quantitative estimate of drug-likeness (QED) is 0.849. The van der Waals surface area contributed by atoms with Gasteiger partial charge in [-0.2, -0.15) is 0 Å². The maximum absolute atomic E-state index is 4.61. The Morgan fingerprint density at radius 1 is 1.33 bits per heavy atom. The highest BCUT2D eigenvalue weighted by Gasteiger charge is 2.29. The topological polar surface area (TPSA) is 36.4 Å². The van der Waals surface area contributed by atoms with Crippen molar-refractivity contribution in [2.45, 2.75) is 38.8 Å². The molecule has 3 rings (SSSR count). The van der Waals surface area contributed by atoms with E-state index < -0.39 is 0 Å². The number of aliphatic imine (C=N–C) groups is 1. The molecule has 1 heterocycles. The Hall–Kier alpha value is -1.35. The molecule has 1 aromatic rings. The normalized spacial score (nSPS) is 20.4. The fraction of sp³-hybridized carbons (Fsp3) is 0.533. The van der Waals surface area contributed by atoms with Gasteiger partial charge in [0.2, 0.25) is 0 Å². The van der Waals surface area contributed by atoms with Crippen LogP contribution in [0.1, 0.15) is 35.6 Å². The number of nitrogens with zero attached hydrogens (tertiary/aromatic N) is 1. The summed E-state index contributed by atoms with van der Waals surface area (Å²) in [5.41, 5.74) is 4.11. The van der Waals surface area contributed by atoms with Crippen LogP contribution in [-0.4, -0.2) is 25.0 Å². The van der Waals surface area contributed by atoms with E-state index in [1.807, 2.05) is 0 Å². The van der Waals surface area contributed by atoms with Crippen molar-refractivity contribution in [2.24, 2.45) is 4.99 Å². The molecule has 0 amide bonds. The Morgan fingerprint density at radius 3 is 2.83 bits per heavy atom. The van der Waals surface area contributed by atoms with Gasteiger partial charge < -0.3 is 10.6 Å². The number of hydrogen-bond acceptors (Lipinski definition) is 3. The van der Waals surface area contributed by atoms with E-state index in [1.165, 1.54) is 29.5 Å². The average molecular weight is 243 g/mol. The molecule has 1 atom stereocenters. The Bertz CT molecular complexity index is 475. The molecule has 1 unspecified atom stereocenters. The lowest BCUT2D eigenvalue weighted by Crippen LogP contribution is -2.37. The zero-order valence-electron chi connectivity index (χ0n) is 11.2. The summed E-state index contributed by atoms with van der Waals surface area (Å²) in [4.78, 5) is 4.61. The highest BCUT2D eigenvalue weighted by molar-refractivity contribution is 5.90. The van der Waals surface area contributed by atoms with Crippen molar-refractivity contribution in [3.05, 3.63) is 34.9 Å². The van der Waals surface area contributed by atoms with Crippen LogP contribution in [0.15, 0.2) is 23.2 Å². The standard InChI is InChI=1S/C15H21N3/c1-10-4-3-5-13(11(10)2)14(18-12-6-7-12)15-16-8-9-17-15/h3-5,12,14,18H,6-9H2,1-2H3,(H,16,17). The first-order valence-electron chi connectivity index (χ1n) is 6.86. The van der Waals surface area contributed by atoms with E-state index in [0.29, 0.717) is 6.04 Å². The molecular weight excluding hydrogens is 222 g/mol. The van der Waals surface area contributed by atoms with Gasteiger partial charge in [0.1, 0.15) is 5.84 Å². The van der Waals surface area contributed by atoms with Crippen LogP contribution in [0.5, 0.6) is 0 Å². The van der Waals surface area contributed by atoms with Crippen LogP contribution in [0, 0.1) is 13.8 Å². The molecule has 2 N–H and O–H groups in total. The van der Waals surface area contributed by atoms with Crippen molar-refractivity contribution >= 4 is 5.84 Å². The van der Waals surface area contributed by atoms with Crippen molar-refractivity contribution in [3.8, 4) is 0 Å². The minimum atomic E-state index is 0.250. The number of aryl methyl sites for hydroxylation is 1. The molecule has 96 valence electrons. The van der Waals surface area contributed by atoms with E-state index in [-0.39, 0.29) is 6.04 Å². The molecule has 3 nitrogen and oxygen atoms in total. The summed E-state index contributed by atoms with van der Waals surface area (Å²) in [6.45, 7) is 6.27. The zero-order valence-corrected chi connectivity index (χ0v) is 11.2. The summed E-state index contributed by atoms with van der Waals surface area (Å²) >= 11 is 0. The fourth-order valence-corrected chi connectivity index (χ4v) is 2.50. The molecule has 1 aliphatic heterocycles. The highest BCUT2D eigenvalue weighted by atomic mass is 15.1. The van der Waals surface area contributed by atoms with Crippen molar-refractivity contribution < 1.29 is 0 Å². The third-order valence-electron chi connectivity index (χ3n) is 3.91. The minimum absolute atomic E-state index is 0.250.